The first kappa shape index (κ1) is 18.4. The molecule has 1 N–H and O–H groups in total. The van der Waals surface area contributed by atoms with Crippen molar-refractivity contribution in [1.82, 2.24) is 10.2 Å². The molecule has 136 valence electrons. The predicted octanol–water partition coefficient (Wildman–Crippen LogP) is 3.92. The number of halogens is 2. The van der Waals surface area contributed by atoms with Crippen molar-refractivity contribution >= 4 is 23.4 Å². The lowest BCUT2D eigenvalue weighted by Gasteiger charge is -2.35. The van der Waals surface area contributed by atoms with Crippen LogP contribution < -0.4 is 5.32 Å². The fourth-order valence-corrected chi connectivity index (χ4v) is 3.37. The van der Waals surface area contributed by atoms with Crippen molar-refractivity contribution in [3.63, 3.8) is 0 Å². The van der Waals surface area contributed by atoms with Gasteiger partial charge in [-0.1, -0.05) is 55.8 Å². The molecule has 2 amide bonds. The summed E-state index contributed by atoms with van der Waals surface area (Å²) in [7, 11) is 0. The Labute approximate surface area is 157 Å². The lowest BCUT2D eigenvalue weighted by Crippen LogP contribution is -2.52. The number of nitrogens with zero attached hydrogens (tertiary/aromatic N) is 1. The molecule has 1 saturated heterocycles. The second-order valence-electron chi connectivity index (χ2n) is 6.61. The Balaban J connectivity index is 1.99. The van der Waals surface area contributed by atoms with Crippen LogP contribution in [0.2, 0.25) is 5.02 Å². The maximum absolute atomic E-state index is 14.2. The minimum absolute atomic E-state index is 0.0369. The van der Waals surface area contributed by atoms with Crippen molar-refractivity contribution in [1.29, 1.82) is 0 Å². The van der Waals surface area contributed by atoms with Crippen LogP contribution in [-0.2, 0) is 4.79 Å². The summed E-state index contributed by atoms with van der Waals surface area (Å²) in [6.45, 7) is 4.76. The van der Waals surface area contributed by atoms with Crippen LogP contribution in [0.25, 0.3) is 0 Å². The van der Waals surface area contributed by atoms with Gasteiger partial charge in [0.1, 0.15) is 11.9 Å². The number of carbonyl (C=O) groups excluding carboxylic acids is 2. The number of hydrogen-bond donors (Lipinski definition) is 1. The van der Waals surface area contributed by atoms with Gasteiger partial charge in [-0.15, -0.1) is 0 Å². The van der Waals surface area contributed by atoms with Crippen LogP contribution in [0.1, 0.15) is 47.3 Å². The van der Waals surface area contributed by atoms with Crippen LogP contribution in [0, 0.1) is 5.82 Å². The number of amides is 2. The van der Waals surface area contributed by atoms with Gasteiger partial charge in [-0.2, -0.15) is 0 Å². The topological polar surface area (TPSA) is 49.4 Å². The molecule has 3 rings (SSSR count). The molecule has 0 aliphatic carbocycles. The van der Waals surface area contributed by atoms with Gasteiger partial charge < -0.3 is 10.2 Å². The van der Waals surface area contributed by atoms with Gasteiger partial charge in [0.2, 0.25) is 5.91 Å². The summed E-state index contributed by atoms with van der Waals surface area (Å²) in [4.78, 5) is 26.8. The lowest BCUT2D eigenvalue weighted by molar-refractivity contribution is -0.128. The van der Waals surface area contributed by atoms with Crippen molar-refractivity contribution in [2.45, 2.75) is 25.8 Å². The zero-order chi connectivity index (χ0) is 18.8. The smallest absolute Gasteiger partial charge is 0.259 e. The summed E-state index contributed by atoms with van der Waals surface area (Å²) in [5, 5.41) is 2.81. The van der Waals surface area contributed by atoms with E-state index in [1.54, 1.807) is 0 Å². The third-order valence-corrected chi connectivity index (χ3v) is 4.88. The SMILES string of the molecule is CC(C)c1ccc(C2C(=O)NCCN2C(=O)c2c(F)cccc2Cl)cc1. The molecule has 1 atom stereocenters. The Bertz CT molecular complexity index is 816. The summed E-state index contributed by atoms with van der Waals surface area (Å²) >= 11 is 6.04. The van der Waals surface area contributed by atoms with Crippen LogP contribution in [0.3, 0.4) is 0 Å². The van der Waals surface area contributed by atoms with Gasteiger partial charge in [-0.25, -0.2) is 4.39 Å². The van der Waals surface area contributed by atoms with Gasteiger partial charge in [-0.05, 0) is 29.2 Å². The summed E-state index contributed by atoms with van der Waals surface area (Å²) in [5.74, 6) is -1.20. The van der Waals surface area contributed by atoms with Gasteiger partial charge in [-0.3, -0.25) is 9.59 Å². The molecule has 0 spiro atoms. The predicted molar refractivity (Wildman–Crippen MR) is 98.7 cm³/mol. The monoisotopic (exact) mass is 374 g/mol. The zero-order valence-corrected chi connectivity index (χ0v) is 15.4. The average Bonchev–Trinajstić information content (AvgIpc) is 2.61. The Hall–Kier alpha value is -2.40. The van der Waals surface area contributed by atoms with Gasteiger partial charge in [0, 0.05) is 13.1 Å². The molecular formula is C20H20ClFN2O2. The van der Waals surface area contributed by atoms with Crippen molar-refractivity contribution in [3.05, 3.63) is 70.0 Å². The first-order valence-corrected chi connectivity index (χ1v) is 8.90. The Kier molecular flexibility index (Phi) is 5.28. The number of benzene rings is 2. The summed E-state index contributed by atoms with van der Waals surface area (Å²) < 4.78 is 14.2. The molecule has 1 fully saturated rings. The molecule has 0 bridgehead atoms. The van der Waals surface area contributed by atoms with E-state index < -0.39 is 17.8 Å². The minimum Gasteiger partial charge on any atom is -0.352 e. The molecule has 26 heavy (non-hydrogen) atoms. The van der Waals surface area contributed by atoms with Gasteiger partial charge in [0.25, 0.3) is 5.91 Å². The zero-order valence-electron chi connectivity index (χ0n) is 14.6. The molecule has 1 aliphatic heterocycles. The molecule has 2 aromatic rings. The fraction of sp³-hybridized carbons (Fsp3) is 0.300. The number of piperazine rings is 1. The number of carbonyl (C=O) groups is 2. The average molecular weight is 375 g/mol. The van der Waals surface area contributed by atoms with Gasteiger partial charge in [0.05, 0.1) is 10.6 Å². The first-order chi connectivity index (χ1) is 12.4. The molecule has 1 aliphatic rings. The third kappa shape index (κ3) is 3.44. The fourth-order valence-electron chi connectivity index (χ4n) is 3.13. The highest BCUT2D eigenvalue weighted by molar-refractivity contribution is 6.33. The molecule has 2 aromatic carbocycles. The molecule has 1 unspecified atom stereocenters. The van der Waals surface area contributed by atoms with E-state index in [1.807, 2.05) is 24.3 Å². The van der Waals surface area contributed by atoms with Crippen molar-refractivity contribution in [2.24, 2.45) is 0 Å². The van der Waals surface area contributed by atoms with E-state index in [2.05, 4.69) is 19.2 Å². The molecule has 4 nitrogen and oxygen atoms in total. The Morgan fingerprint density at radius 2 is 1.92 bits per heavy atom. The van der Waals surface area contributed by atoms with Crippen LogP contribution in [0.5, 0.6) is 0 Å². The Morgan fingerprint density at radius 3 is 2.54 bits per heavy atom. The highest BCUT2D eigenvalue weighted by atomic mass is 35.5. The van der Waals surface area contributed by atoms with E-state index in [9.17, 15) is 14.0 Å². The van der Waals surface area contributed by atoms with E-state index >= 15 is 0 Å². The van der Waals surface area contributed by atoms with Crippen molar-refractivity contribution in [3.8, 4) is 0 Å². The van der Waals surface area contributed by atoms with Crippen LogP contribution >= 0.6 is 11.6 Å². The van der Waals surface area contributed by atoms with Crippen molar-refractivity contribution in [2.75, 3.05) is 13.1 Å². The second-order valence-corrected chi connectivity index (χ2v) is 7.02. The molecular weight excluding hydrogens is 355 g/mol. The second kappa shape index (κ2) is 7.46. The van der Waals surface area contributed by atoms with Crippen LogP contribution in [0.4, 0.5) is 4.39 Å². The molecule has 0 aromatic heterocycles. The lowest BCUT2D eigenvalue weighted by atomic mass is 9.96. The maximum Gasteiger partial charge on any atom is 0.259 e. The largest absolute Gasteiger partial charge is 0.352 e. The molecule has 0 saturated carbocycles. The highest BCUT2D eigenvalue weighted by Crippen LogP contribution is 2.29. The molecule has 1 heterocycles. The quantitative estimate of drug-likeness (QED) is 0.885. The maximum atomic E-state index is 14.2. The van der Waals surface area contributed by atoms with Gasteiger partial charge >= 0.3 is 0 Å². The summed E-state index contributed by atoms with van der Waals surface area (Å²) in [6.07, 6.45) is 0. The van der Waals surface area contributed by atoms with Crippen LogP contribution in [0.15, 0.2) is 42.5 Å². The number of hydrogen-bond acceptors (Lipinski definition) is 2. The number of rotatable bonds is 3. The van der Waals surface area contributed by atoms with E-state index in [0.29, 0.717) is 18.0 Å². The molecule has 6 heteroatoms. The highest BCUT2D eigenvalue weighted by Gasteiger charge is 2.36. The van der Waals surface area contributed by atoms with E-state index in [1.165, 1.54) is 23.1 Å². The number of nitrogens with one attached hydrogen (secondary N) is 1. The van der Waals surface area contributed by atoms with Crippen molar-refractivity contribution < 1.29 is 14.0 Å². The van der Waals surface area contributed by atoms with Gasteiger partial charge in [0.15, 0.2) is 0 Å². The molecule has 0 radical (unpaired) electrons. The standard InChI is InChI=1S/C20H20ClFN2O2/c1-12(2)13-6-8-14(9-7-13)18-19(25)23-10-11-24(18)20(26)17-15(21)4-3-5-16(17)22/h3-9,12,18H,10-11H2,1-2H3,(H,23,25). The first-order valence-electron chi connectivity index (χ1n) is 8.52. The van der Waals surface area contributed by atoms with E-state index in [0.717, 1.165) is 5.56 Å². The third-order valence-electron chi connectivity index (χ3n) is 4.57. The van der Waals surface area contributed by atoms with Crippen LogP contribution in [-0.4, -0.2) is 29.8 Å². The van der Waals surface area contributed by atoms with E-state index in [-0.39, 0.29) is 23.0 Å². The van der Waals surface area contributed by atoms with E-state index in [4.69, 9.17) is 11.6 Å². The normalized spacial score (nSPS) is 17.3. The summed E-state index contributed by atoms with van der Waals surface area (Å²) in [5.41, 5.74) is 1.63. The minimum atomic E-state index is -0.812. The summed E-state index contributed by atoms with van der Waals surface area (Å²) in [6, 6.07) is 10.9. The Morgan fingerprint density at radius 1 is 1.23 bits per heavy atom.